The van der Waals surface area contributed by atoms with E-state index in [1.165, 1.54) is 43.9 Å². The number of hydrogen-bond donors (Lipinski definition) is 2. The molecule has 1 aromatic carbocycles. The Morgan fingerprint density at radius 2 is 2.12 bits per heavy atom. The maximum absolute atomic E-state index is 12.8. The highest BCUT2D eigenvalue weighted by molar-refractivity contribution is 6.03. The number of likely N-dealkylation sites (N-methyl/N-ethyl adjacent to an activating group) is 1. The summed E-state index contributed by atoms with van der Waals surface area (Å²) in [7, 11) is 4.08. The second kappa shape index (κ2) is 10.5. The molecule has 2 aliphatic rings. The molecule has 0 bridgehead atoms. The predicted molar refractivity (Wildman–Crippen MR) is 135 cm³/mol. The lowest BCUT2D eigenvalue weighted by Gasteiger charge is -2.33. The van der Waals surface area contributed by atoms with Gasteiger partial charge in [0.15, 0.2) is 0 Å². The number of nitrogens with one attached hydrogen (secondary N) is 2. The van der Waals surface area contributed by atoms with Gasteiger partial charge in [0.25, 0.3) is 5.82 Å². The van der Waals surface area contributed by atoms with Crippen molar-refractivity contribution in [1.29, 1.82) is 0 Å². The van der Waals surface area contributed by atoms with Crippen LogP contribution < -0.4 is 5.32 Å². The third kappa shape index (κ3) is 5.57. The zero-order valence-corrected chi connectivity index (χ0v) is 20.5. The minimum Gasteiger partial charge on any atom is -0.372 e. The van der Waals surface area contributed by atoms with Crippen LogP contribution >= 0.6 is 0 Å². The van der Waals surface area contributed by atoms with Crippen LogP contribution in [0.3, 0.4) is 0 Å². The first kappa shape index (κ1) is 24.2. The number of ether oxygens (including phenoxy) is 1. The molecule has 0 aliphatic heterocycles. The molecule has 1 heterocycles. The highest BCUT2D eigenvalue weighted by Gasteiger charge is 2.35. The van der Waals surface area contributed by atoms with Gasteiger partial charge in [-0.3, -0.25) is 9.78 Å². The molecule has 0 saturated heterocycles. The molecule has 1 aromatic heterocycles. The summed E-state index contributed by atoms with van der Waals surface area (Å²) < 4.78 is 6.07. The highest BCUT2D eigenvalue weighted by Crippen LogP contribution is 2.50. The van der Waals surface area contributed by atoms with Crippen LogP contribution in [0.5, 0.6) is 0 Å². The van der Waals surface area contributed by atoms with Crippen LogP contribution in [0.25, 0.3) is 10.4 Å². The number of rotatable bonds is 8. The van der Waals surface area contributed by atoms with Gasteiger partial charge < -0.3 is 19.8 Å². The molecule has 34 heavy (non-hydrogen) atoms. The zero-order chi connectivity index (χ0) is 24.1. The van der Waals surface area contributed by atoms with Crippen molar-refractivity contribution in [3.63, 3.8) is 0 Å². The normalized spacial score (nSPS) is 18.0. The molecule has 2 aliphatic carbocycles. The number of nitrogens with zero attached hydrogens (tertiary/aromatic N) is 3. The summed E-state index contributed by atoms with van der Waals surface area (Å²) in [6.45, 7) is 10.7. The Labute approximate surface area is 202 Å². The first-order chi connectivity index (χ1) is 16.4. The lowest BCUT2D eigenvalue weighted by molar-refractivity contribution is 0.0555. The maximum atomic E-state index is 12.8. The highest BCUT2D eigenvalue weighted by atomic mass is 16.5. The molecule has 7 heteroatoms. The first-order valence-corrected chi connectivity index (χ1v) is 12.2. The third-order valence-corrected chi connectivity index (χ3v) is 7.28. The van der Waals surface area contributed by atoms with Crippen LogP contribution in [0.4, 0.5) is 11.5 Å². The lowest BCUT2D eigenvalue weighted by Crippen LogP contribution is -2.20. The number of imidazole rings is 1. The van der Waals surface area contributed by atoms with E-state index in [9.17, 15) is 4.79 Å². The topological polar surface area (TPSA) is 74.6 Å². The molecule has 2 N–H and O–H groups in total. The molecule has 2 aromatic rings. The number of amides is 1. The van der Waals surface area contributed by atoms with Gasteiger partial charge >= 0.3 is 5.91 Å². The number of aromatic nitrogens is 2. The molecule has 7 nitrogen and oxygen atoms in total. The Morgan fingerprint density at radius 1 is 1.32 bits per heavy atom. The van der Waals surface area contributed by atoms with Gasteiger partial charge in [-0.25, -0.2) is 4.98 Å². The van der Waals surface area contributed by atoms with Gasteiger partial charge in [-0.2, -0.15) is 0 Å². The average molecular weight is 462 g/mol. The molecular formula is C27H35N5O2. The van der Waals surface area contributed by atoms with Gasteiger partial charge in [0.2, 0.25) is 5.82 Å². The second-order valence-corrected chi connectivity index (χ2v) is 9.94. The first-order valence-electron chi connectivity index (χ1n) is 12.2. The van der Waals surface area contributed by atoms with Crippen molar-refractivity contribution in [2.75, 3.05) is 32.6 Å². The molecule has 0 radical (unpaired) electrons. The minimum atomic E-state index is -0.345. The van der Waals surface area contributed by atoms with Crippen molar-refractivity contribution in [3.05, 3.63) is 58.8 Å². The molecular weight excluding hydrogens is 426 g/mol. The van der Waals surface area contributed by atoms with E-state index in [4.69, 9.17) is 11.3 Å². The van der Waals surface area contributed by atoms with Gasteiger partial charge in [0.05, 0.1) is 18.9 Å². The molecule has 1 fully saturated rings. The lowest BCUT2D eigenvalue weighted by atomic mass is 9.72. The number of H-pyrrole nitrogens is 1. The number of aromatic amines is 1. The van der Waals surface area contributed by atoms with E-state index in [1.54, 1.807) is 0 Å². The van der Waals surface area contributed by atoms with E-state index in [2.05, 4.69) is 44.1 Å². The van der Waals surface area contributed by atoms with Crippen molar-refractivity contribution in [2.45, 2.75) is 58.0 Å². The number of hydrogen-bond acceptors (Lipinski definition) is 4. The molecule has 1 atom stereocenters. The summed E-state index contributed by atoms with van der Waals surface area (Å²) >= 11 is 0. The Hall–Kier alpha value is -2.95. The summed E-state index contributed by atoms with van der Waals surface area (Å²) in [5.74, 6) is 0.0491. The fraction of sp³-hybridized carbons (Fsp3) is 0.519. The van der Waals surface area contributed by atoms with Crippen LogP contribution in [-0.4, -0.2) is 48.0 Å². The predicted octanol–water partition coefficient (Wildman–Crippen LogP) is 5.98. The van der Waals surface area contributed by atoms with E-state index >= 15 is 0 Å². The number of carbonyl (C=O) groups is 1. The van der Waals surface area contributed by atoms with Crippen LogP contribution in [-0.2, 0) is 4.74 Å². The fourth-order valence-corrected chi connectivity index (χ4v) is 5.13. The largest absolute Gasteiger partial charge is 0.372 e. The fourth-order valence-electron chi connectivity index (χ4n) is 5.13. The van der Waals surface area contributed by atoms with Crippen LogP contribution in [0.2, 0.25) is 0 Å². The van der Waals surface area contributed by atoms with E-state index in [0.717, 1.165) is 36.2 Å². The summed E-state index contributed by atoms with van der Waals surface area (Å²) in [5.41, 5.74) is 4.69. The quantitative estimate of drug-likeness (QED) is 0.474. The third-order valence-electron chi connectivity index (χ3n) is 7.28. The second-order valence-electron chi connectivity index (χ2n) is 9.94. The smallest absolute Gasteiger partial charge is 0.314 e. The van der Waals surface area contributed by atoms with Crippen molar-refractivity contribution < 1.29 is 9.53 Å². The van der Waals surface area contributed by atoms with Crippen molar-refractivity contribution in [3.8, 4) is 0 Å². The number of benzene rings is 1. The van der Waals surface area contributed by atoms with Crippen molar-refractivity contribution in [1.82, 2.24) is 14.9 Å². The van der Waals surface area contributed by atoms with Crippen molar-refractivity contribution in [2.24, 2.45) is 5.41 Å². The van der Waals surface area contributed by atoms with E-state index in [0.29, 0.717) is 12.0 Å². The molecule has 4 rings (SSSR count). The number of allylic oxidation sites excluding steroid dienone is 2. The SMILES string of the molecule is [C-]#[N+]c1cnc(C(=O)Nc2ccc(C(C)OCCN(C)C)cc2C2=CCC3(CCCC3)CC2)[nH]1. The molecule has 1 unspecified atom stereocenters. The van der Waals surface area contributed by atoms with Crippen LogP contribution in [0.15, 0.2) is 30.5 Å². The molecule has 1 saturated carbocycles. The van der Waals surface area contributed by atoms with Crippen LogP contribution in [0.1, 0.15) is 79.7 Å². The minimum absolute atomic E-state index is 0.0416. The Bertz CT molecular complexity index is 1090. The van der Waals surface area contributed by atoms with Crippen molar-refractivity contribution >= 4 is 23.0 Å². The van der Waals surface area contributed by atoms with Gasteiger partial charge in [0, 0.05) is 17.8 Å². The van der Waals surface area contributed by atoms with Crippen LogP contribution in [0, 0.1) is 12.0 Å². The molecule has 180 valence electrons. The molecule has 1 amide bonds. The summed E-state index contributed by atoms with van der Waals surface area (Å²) in [6.07, 6.45) is 12.4. The standard InChI is InChI=1S/C27H35N5O2/c1-19(34-16-15-32(3)4)21-7-8-23(30-26(33)25-29-18-24(28-2)31-25)22(17-21)20-9-13-27(14-10-20)11-5-6-12-27/h7-9,17-19H,5-6,10-16H2,1,3-4H3,(H,29,31)(H,30,33). The molecule has 1 spiro atoms. The number of carbonyl (C=O) groups excluding carboxylic acids is 1. The average Bonchev–Trinajstić information content (AvgIpc) is 3.50. The van der Waals surface area contributed by atoms with E-state index in [-0.39, 0.29) is 23.7 Å². The Morgan fingerprint density at radius 3 is 2.76 bits per heavy atom. The summed E-state index contributed by atoms with van der Waals surface area (Å²) in [4.78, 5) is 25.1. The zero-order valence-electron chi connectivity index (χ0n) is 20.5. The van der Waals surface area contributed by atoms with E-state index in [1.807, 2.05) is 26.2 Å². The van der Waals surface area contributed by atoms with Gasteiger partial charge in [-0.15, -0.1) is 0 Å². The maximum Gasteiger partial charge on any atom is 0.314 e. The summed E-state index contributed by atoms with van der Waals surface area (Å²) in [5, 5.41) is 3.02. The Balaban J connectivity index is 1.59. The van der Waals surface area contributed by atoms with Gasteiger partial charge in [0.1, 0.15) is 0 Å². The monoisotopic (exact) mass is 461 g/mol. The Kier molecular flexibility index (Phi) is 7.50. The van der Waals surface area contributed by atoms with Gasteiger partial charge in [-0.1, -0.05) is 31.6 Å². The van der Waals surface area contributed by atoms with E-state index < -0.39 is 0 Å². The van der Waals surface area contributed by atoms with Gasteiger partial charge in [-0.05, 0) is 81.8 Å². The summed E-state index contributed by atoms with van der Waals surface area (Å²) in [6, 6.07) is 6.16. The number of anilines is 1.